The molecule has 28 heavy (non-hydrogen) atoms. The third kappa shape index (κ3) is 3.89. The van der Waals surface area contributed by atoms with E-state index in [2.05, 4.69) is 9.71 Å². The Morgan fingerprint density at radius 1 is 1.11 bits per heavy atom. The minimum Gasteiger partial charge on any atom is -0.496 e. The molecule has 146 valence electrons. The van der Waals surface area contributed by atoms with E-state index >= 15 is 0 Å². The fourth-order valence-electron chi connectivity index (χ4n) is 2.69. The molecule has 1 aliphatic rings. The van der Waals surface area contributed by atoms with Gasteiger partial charge in [0.15, 0.2) is 6.61 Å². The molecule has 3 rings (SSSR count). The number of para-hydroxylation sites is 1. The number of nitrogens with zero attached hydrogens (tertiary/aromatic N) is 1. The fourth-order valence-corrected chi connectivity index (χ4v) is 3.93. The average Bonchev–Trinajstić information content (AvgIpc) is 2.96. The highest BCUT2D eigenvalue weighted by Crippen LogP contribution is 2.23. The van der Waals surface area contributed by atoms with E-state index in [1.807, 2.05) is 0 Å². The Labute approximate surface area is 162 Å². The average molecular weight is 402 g/mol. The Kier molecular flexibility index (Phi) is 5.46. The number of Topliss-reactive ketones (excluding diaryl/α,β-unsaturated/α-hetero) is 1. The molecular formula is C19H18N2O6S. The van der Waals surface area contributed by atoms with Crippen LogP contribution >= 0.6 is 0 Å². The number of methoxy groups -OCH3 is 1. The number of hydrogen-bond acceptors (Lipinski definition) is 7. The van der Waals surface area contributed by atoms with Gasteiger partial charge in [0.2, 0.25) is 5.78 Å². The Morgan fingerprint density at radius 2 is 1.79 bits per heavy atom. The van der Waals surface area contributed by atoms with E-state index in [0.29, 0.717) is 16.9 Å². The number of nitrogens with one attached hydrogen (secondary N) is 1. The van der Waals surface area contributed by atoms with Crippen molar-refractivity contribution in [3.05, 3.63) is 59.7 Å². The van der Waals surface area contributed by atoms with Crippen molar-refractivity contribution in [1.29, 1.82) is 0 Å². The first-order valence-corrected chi connectivity index (χ1v) is 9.84. The van der Waals surface area contributed by atoms with Gasteiger partial charge in [-0.05, 0) is 31.2 Å². The van der Waals surface area contributed by atoms with E-state index in [1.165, 1.54) is 20.1 Å². The summed E-state index contributed by atoms with van der Waals surface area (Å²) in [6.45, 7) is 0.981. The number of ether oxygens (including phenoxy) is 2. The Balaban J connectivity index is 1.69. The molecule has 0 aliphatic carbocycles. The second-order valence-corrected chi connectivity index (χ2v) is 7.64. The Hall–Kier alpha value is -3.20. The molecule has 0 saturated heterocycles. The topological polar surface area (TPSA) is 111 Å². The van der Waals surface area contributed by atoms with Crippen LogP contribution in [-0.2, 0) is 19.6 Å². The number of benzene rings is 2. The van der Waals surface area contributed by atoms with E-state index < -0.39 is 34.4 Å². The van der Waals surface area contributed by atoms with Crippen molar-refractivity contribution >= 4 is 27.6 Å². The van der Waals surface area contributed by atoms with Gasteiger partial charge in [-0.25, -0.2) is 13.2 Å². The number of carbonyl (C=O) groups is 2. The number of ketones is 1. The Morgan fingerprint density at radius 3 is 2.54 bits per heavy atom. The quantitative estimate of drug-likeness (QED) is 0.580. The molecule has 1 heterocycles. The van der Waals surface area contributed by atoms with E-state index in [0.717, 1.165) is 0 Å². The summed E-state index contributed by atoms with van der Waals surface area (Å²) in [5.41, 5.74) is 0.682. The van der Waals surface area contributed by atoms with Crippen LogP contribution in [0.15, 0.2) is 58.4 Å². The number of amidine groups is 1. The molecular weight excluding hydrogens is 384 g/mol. The summed E-state index contributed by atoms with van der Waals surface area (Å²) in [7, 11) is -2.26. The van der Waals surface area contributed by atoms with Gasteiger partial charge in [0, 0.05) is 5.56 Å². The van der Waals surface area contributed by atoms with Crippen molar-refractivity contribution in [3.8, 4) is 5.75 Å². The minimum atomic E-state index is -3.70. The molecule has 0 bridgehead atoms. The highest BCUT2D eigenvalue weighted by atomic mass is 32.2. The molecule has 2 aromatic carbocycles. The van der Waals surface area contributed by atoms with Crippen LogP contribution < -0.4 is 9.46 Å². The van der Waals surface area contributed by atoms with Crippen LogP contribution in [-0.4, -0.2) is 45.8 Å². The molecule has 2 aromatic rings. The van der Waals surface area contributed by atoms with E-state index in [4.69, 9.17) is 9.47 Å². The lowest BCUT2D eigenvalue weighted by Gasteiger charge is -2.10. The minimum absolute atomic E-state index is 0.0658. The number of sulfonamides is 1. The molecule has 0 aromatic heterocycles. The summed E-state index contributed by atoms with van der Waals surface area (Å²) in [6.07, 6.45) is 0. The van der Waals surface area contributed by atoms with Crippen molar-refractivity contribution in [2.45, 2.75) is 17.9 Å². The van der Waals surface area contributed by atoms with Crippen LogP contribution in [0.4, 0.5) is 0 Å². The number of hydrogen-bond donors (Lipinski definition) is 1. The zero-order valence-corrected chi connectivity index (χ0v) is 16.0. The van der Waals surface area contributed by atoms with Crippen molar-refractivity contribution < 1.29 is 27.5 Å². The fraction of sp³-hybridized carbons (Fsp3) is 0.211. The summed E-state index contributed by atoms with van der Waals surface area (Å²) in [4.78, 5) is 28.7. The number of fused-ring (bicyclic) bond motifs is 1. The van der Waals surface area contributed by atoms with Crippen LogP contribution in [0, 0.1) is 0 Å². The standard InChI is InChI=1S/C19H18N2O6S/c1-12(20-18-14-8-4-6-10-17(14)28(24,25)21-18)19(23)27-11-15(22)13-7-3-5-9-16(13)26-2/h3-10,12H,11H2,1-2H3,(H,20,21)/t12-/m0/s1. The van der Waals surface area contributed by atoms with E-state index in [9.17, 15) is 18.0 Å². The lowest BCUT2D eigenvalue weighted by atomic mass is 10.1. The third-order valence-corrected chi connectivity index (χ3v) is 5.48. The zero-order valence-electron chi connectivity index (χ0n) is 15.2. The molecule has 8 nitrogen and oxygen atoms in total. The summed E-state index contributed by atoms with van der Waals surface area (Å²) >= 11 is 0. The molecule has 0 amide bonds. The van der Waals surface area contributed by atoms with Crippen molar-refractivity contribution in [3.63, 3.8) is 0 Å². The Bertz CT molecular complexity index is 1060. The second-order valence-electron chi connectivity index (χ2n) is 5.99. The number of esters is 1. The van der Waals surface area contributed by atoms with Gasteiger partial charge >= 0.3 is 5.97 Å². The lowest BCUT2D eigenvalue weighted by molar-refractivity contribution is -0.143. The smallest absolute Gasteiger partial charge is 0.331 e. The summed E-state index contributed by atoms with van der Waals surface area (Å²) in [5, 5.41) is 0. The third-order valence-electron chi connectivity index (χ3n) is 4.08. The van der Waals surface area contributed by atoms with Gasteiger partial charge in [0.05, 0.1) is 17.6 Å². The SMILES string of the molecule is COc1ccccc1C(=O)COC(=O)[C@H](C)N=C1NS(=O)(=O)c2ccccc21. The van der Waals surface area contributed by atoms with Gasteiger partial charge in [-0.2, -0.15) is 0 Å². The van der Waals surface area contributed by atoms with Crippen LogP contribution in [0.3, 0.4) is 0 Å². The molecule has 0 radical (unpaired) electrons. The van der Waals surface area contributed by atoms with Gasteiger partial charge in [0.1, 0.15) is 17.6 Å². The van der Waals surface area contributed by atoms with Crippen molar-refractivity contribution in [1.82, 2.24) is 4.72 Å². The predicted octanol–water partition coefficient (Wildman–Crippen LogP) is 1.55. The van der Waals surface area contributed by atoms with Crippen LogP contribution in [0.1, 0.15) is 22.8 Å². The number of rotatable bonds is 6. The molecule has 1 N–H and O–H groups in total. The number of carbonyl (C=O) groups excluding carboxylic acids is 2. The highest BCUT2D eigenvalue weighted by Gasteiger charge is 2.31. The number of aliphatic imine (C=N–C) groups is 1. The maximum absolute atomic E-state index is 12.3. The summed E-state index contributed by atoms with van der Waals surface area (Å²) < 4.78 is 36.6. The normalized spacial score (nSPS) is 16.7. The predicted molar refractivity (Wildman–Crippen MR) is 101 cm³/mol. The van der Waals surface area contributed by atoms with E-state index in [-0.39, 0.29) is 10.7 Å². The molecule has 0 unspecified atom stereocenters. The molecule has 0 saturated carbocycles. The van der Waals surface area contributed by atoms with E-state index in [1.54, 1.807) is 42.5 Å². The maximum Gasteiger partial charge on any atom is 0.331 e. The first-order valence-electron chi connectivity index (χ1n) is 8.36. The largest absolute Gasteiger partial charge is 0.496 e. The summed E-state index contributed by atoms with van der Waals surface area (Å²) in [5.74, 6) is -0.721. The van der Waals surface area contributed by atoms with Crippen LogP contribution in [0.25, 0.3) is 0 Å². The second kappa shape index (κ2) is 7.81. The lowest BCUT2D eigenvalue weighted by Crippen LogP contribution is -2.27. The molecule has 1 atom stereocenters. The zero-order chi connectivity index (χ0) is 20.3. The first kappa shape index (κ1) is 19.6. The molecule has 1 aliphatic heterocycles. The van der Waals surface area contributed by atoms with Gasteiger partial charge in [-0.3, -0.25) is 14.5 Å². The maximum atomic E-state index is 12.3. The van der Waals surface area contributed by atoms with Crippen molar-refractivity contribution in [2.75, 3.05) is 13.7 Å². The van der Waals surface area contributed by atoms with Gasteiger partial charge in [-0.1, -0.05) is 24.3 Å². The summed E-state index contributed by atoms with van der Waals surface area (Å²) in [6, 6.07) is 11.9. The van der Waals surface area contributed by atoms with Gasteiger partial charge in [0.25, 0.3) is 10.0 Å². The first-order chi connectivity index (χ1) is 13.3. The molecule has 9 heteroatoms. The van der Waals surface area contributed by atoms with Gasteiger partial charge in [-0.15, -0.1) is 0 Å². The molecule has 0 spiro atoms. The monoisotopic (exact) mass is 402 g/mol. The van der Waals surface area contributed by atoms with Crippen LogP contribution in [0.5, 0.6) is 5.75 Å². The molecule has 0 fully saturated rings. The van der Waals surface area contributed by atoms with Crippen molar-refractivity contribution in [2.24, 2.45) is 4.99 Å². The highest BCUT2D eigenvalue weighted by molar-refractivity contribution is 7.90. The van der Waals surface area contributed by atoms with Crippen LogP contribution in [0.2, 0.25) is 0 Å². The van der Waals surface area contributed by atoms with Gasteiger partial charge < -0.3 is 9.47 Å².